The standard InChI is InChI=1S/C34H30Cl4N4O3S.C19H23ClN2O5.C17H16O3.C10H15NO4.C9H12N4O/c1-5-27(45-28-13-11-18(2)14-20(28)4)33(43)40-25-8-6-7-9-29(25)46-31-32(39-26-15-19(3)10-12-22(26)36)41-42(34(31)44)30-23(37)16-21(35)17-24(30)38;1-10-7-8-11(20)12(9-10)21-15(24)13(14(23)18(2,3)4)22-16(25)19(5,6)27-17(22)26;1-12-2-6-14(7-3-12)16(19)10-17(20)15-8-4-13(11-18)5-9-15;1-10(14)6-7(8(12)9(10)13)11-2-4-15-5-3-11;1-6(2)3-14-9-7-8(11-4-10-7)12-5-13-9/h6-17,27,31H,5H2,1-4H3,(H,39,41)(H,40,43);7-9,13H,1-6H3,(H,21,24);2-9,18H,10-11H2,1H3;12,14H,2-6H2,1H3;4-6H,3H2,1-2H3,(H,10,11,12,13). The Labute approximate surface area is 736 Å². The number of para-hydroxylation sites is 1. The second-order valence-corrected chi connectivity index (χ2v) is 34.4. The number of aromatic amines is 1. The molecule has 7 aromatic carbocycles. The van der Waals surface area contributed by atoms with Crippen molar-refractivity contribution in [3.63, 3.8) is 0 Å². The molecule has 0 radical (unpaired) electrons. The van der Waals surface area contributed by atoms with E-state index in [1.807, 2.05) is 101 Å². The molecule has 0 spiro atoms. The quantitative estimate of drug-likeness (QED) is 0.0245. The molecule has 4 aliphatic rings. The lowest BCUT2D eigenvalue weighted by atomic mass is 9.85. The van der Waals surface area contributed by atoms with Crippen LogP contribution in [0.1, 0.15) is 136 Å². The summed E-state index contributed by atoms with van der Waals surface area (Å²) in [5.74, 6) is -2.13. The Hall–Kier alpha value is -10.8. The number of halogens is 5. The number of aliphatic imine (C=N–C) groups is 1. The number of imide groups is 1. The van der Waals surface area contributed by atoms with E-state index in [2.05, 4.69) is 49.8 Å². The Morgan fingerprint density at radius 1 is 0.721 bits per heavy atom. The second-order valence-electron chi connectivity index (χ2n) is 31.2. The minimum Gasteiger partial charge on any atom is -0.503 e. The van der Waals surface area contributed by atoms with Gasteiger partial charge in [0.05, 0.1) is 82.0 Å². The van der Waals surface area contributed by atoms with Crippen molar-refractivity contribution in [3.8, 4) is 11.6 Å². The number of H-pyrrole nitrogens is 1. The summed E-state index contributed by atoms with van der Waals surface area (Å²) in [6.07, 6.45) is 1.78. The van der Waals surface area contributed by atoms with Crippen LogP contribution in [-0.4, -0.2) is 165 Å². The highest BCUT2D eigenvalue weighted by Crippen LogP contribution is 2.43. The van der Waals surface area contributed by atoms with E-state index < -0.39 is 63.5 Å². The van der Waals surface area contributed by atoms with Crippen molar-refractivity contribution in [2.24, 2.45) is 16.3 Å². The number of hydrazine groups is 1. The van der Waals surface area contributed by atoms with E-state index in [1.54, 1.807) is 99.9 Å². The first kappa shape index (κ1) is 95.1. The van der Waals surface area contributed by atoms with Gasteiger partial charge in [-0.05, 0) is 145 Å². The van der Waals surface area contributed by atoms with Crippen molar-refractivity contribution in [1.29, 1.82) is 0 Å². The van der Waals surface area contributed by atoms with Crippen LogP contribution in [0.4, 0.5) is 27.5 Å². The third-order valence-electron chi connectivity index (χ3n) is 19.0. The molecule has 2 aromatic heterocycles. The number of Topliss-reactive ketones (excluding diaryl/α,β-unsaturated/α-hetero) is 4. The molecule has 3 fully saturated rings. The Bertz CT molecular complexity index is 5440. The fourth-order valence-corrected chi connectivity index (χ4v) is 14.8. The molecule has 1 aliphatic carbocycles. The van der Waals surface area contributed by atoms with Crippen LogP contribution in [0.25, 0.3) is 11.2 Å². The van der Waals surface area contributed by atoms with Gasteiger partial charge in [0.15, 0.2) is 46.5 Å². The number of morpholine rings is 1. The summed E-state index contributed by atoms with van der Waals surface area (Å²) in [6.45, 7) is 27.8. The largest absolute Gasteiger partial charge is 0.503 e. The third-order valence-corrected chi connectivity index (χ3v) is 21.8. The number of ether oxygens (including phenoxy) is 4. The number of aryl methyl sites for hydroxylation is 5. The molecule has 5 amide bonds. The lowest BCUT2D eigenvalue weighted by molar-refractivity contribution is -0.145. The highest BCUT2D eigenvalue weighted by atomic mass is 35.5. The van der Waals surface area contributed by atoms with Gasteiger partial charge in [0.2, 0.25) is 11.7 Å². The van der Waals surface area contributed by atoms with Crippen molar-refractivity contribution >= 4 is 162 Å². The molecule has 27 nitrogen and oxygen atoms in total. The average Bonchev–Trinajstić information content (AvgIpc) is 1.62. The number of hydrogen-bond donors (Lipinski definition) is 7. The molecule has 3 saturated heterocycles. The first-order chi connectivity index (χ1) is 57.6. The normalized spacial score (nSPS) is 16.9. The highest BCUT2D eigenvalue weighted by Gasteiger charge is 2.55. The fraction of sp³-hybridized carbons (Fsp3) is 0.337. The zero-order chi connectivity index (χ0) is 89.4. The van der Waals surface area contributed by atoms with Crippen LogP contribution in [0.5, 0.6) is 11.6 Å². The highest BCUT2D eigenvalue weighted by molar-refractivity contribution is 8.01. The van der Waals surface area contributed by atoms with Crippen molar-refractivity contribution in [2.45, 2.75) is 156 Å². The Balaban J connectivity index is 0.000000188. The Morgan fingerprint density at radius 3 is 1.89 bits per heavy atom. The maximum Gasteiger partial charge on any atom is 0.418 e. The first-order valence-electron chi connectivity index (χ1n) is 38.8. The van der Waals surface area contributed by atoms with E-state index in [9.17, 15) is 53.4 Å². The van der Waals surface area contributed by atoms with Gasteiger partial charge < -0.3 is 54.8 Å². The summed E-state index contributed by atoms with van der Waals surface area (Å²) < 4.78 is 21.9. The number of fused-ring (bicyclic) bond motifs is 1. The molecule has 7 N–H and O–H groups in total. The minimum absolute atomic E-state index is 0.0588. The van der Waals surface area contributed by atoms with Gasteiger partial charge >= 0.3 is 6.09 Å². The number of anilines is 3. The summed E-state index contributed by atoms with van der Waals surface area (Å²) in [7, 11) is 0. The monoisotopic (exact) mass is 1780 g/mol. The minimum atomic E-state index is -1.66. The van der Waals surface area contributed by atoms with Gasteiger partial charge in [0.1, 0.15) is 40.0 Å². The van der Waals surface area contributed by atoms with Crippen molar-refractivity contribution in [2.75, 3.05) is 48.6 Å². The number of amidine groups is 1. The van der Waals surface area contributed by atoms with Crippen LogP contribution >= 0.6 is 69.8 Å². The van der Waals surface area contributed by atoms with E-state index >= 15 is 0 Å². The van der Waals surface area contributed by atoms with E-state index in [4.69, 9.17) is 87.1 Å². The molecule has 13 rings (SSSR count). The molecule has 4 unspecified atom stereocenters. The molecule has 33 heteroatoms. The zero-order valence-corrected chi connectivity index (χ0v) is 74.3. The third kappa shape index (κ3) is 24.6. The number of aromatic nitrogens is 4. The van der Waals surface area contributed by atoms with Crippen molar-refractivity contribution < 1.29 is 77.4 Å². The van der Waals surface area contributed by atoms with Gasteiger partial charge in [-0.3, -0.25) is 43.8 Å². The number of aliphatic hydroxyl groups excluding tert-OH is 2. The molecule has 0 bridgehead atoms. The number of carbonyl (C=O) groups excluding carboxylic acids is 9. The molecule has 644 valence electrons. The Kier molecular flexibility index (Phi) is 32.6. The molecule has 5 heterocycles. The van der Waals surface area contributed by atoms with Gasteiger partial charge in [-0.25, -0.2) is 29.7 Å². The van der Waals surface area contributed by atoms with Crippen LogP contribution in [0.15, 0.2) is 174 Å². The molecular formula is C89H96Cl5N11O16S. The summed E-state index contributed by atoms with van der Waals surface area (Å²) in [5, 5.41) is 35.6. The van der Waals surface area contributed by atoms with E-state index in [-0.39, 0.29) is 75.0 Å². The number of nitrogens with one attached hydrogen (secondary N) is 4. The maximum atomic E-state index is 14.1. The lowest BCUT2D eigenvalue weighted by Gasteiger charge is -2.30. The number of rotatable bonds is 22. The summed E-state index contributed by atoms with van der Waals surface area (Å²) in [6, 6.07) is 38.7. The van der Waals surface area contributed by atoms with Gasteiger partial charge in [-0.2, -0.15) is 4.98 Å². The number of nitrogens with zero attached hydrogens (tertiary/aromatic N) is 7. The molecule has 3 aliphatic heterocycles. The summed E-state index contributed by atoms with van der Waals surface area (Å²) in [5.41, 5.74) is 9.36. The number of amides is 5. The lowest BCUT2D eigenvalue weighted by Crippen LogP contribution is -2.55. The SMILES string of the molecule is CC(C)COc1ncnc2nc[nH]c12.CC1(O)CC(N2CCOCC2)=C(O)C1=O.CCC(Oc1ccc(C)cc1C)C(=O)Nc1ccccc1SC1C(=O)N(c2c(Cl)cc(Cl)cc2Cl)NC1=Nc1cc(C)ccc1Cl.Cc1ccc(C(=O)CC(=O)c2ccc(CO)cc2)cc1.Cc1ccc(Cl)c(NC(=O)C(C(=O)C(C)(C)C)N2C(=O)OC(C)(C)C2=O)c1. The second kappa shape index (κ2) is 41.9. The summed E-state index contributed by atoms with van der Waals surface area (Å²) >= 11 is 33.0. The van der Waals surface area contributed by atoms with Gasteiger partial charge in [0.25, 0.3) is 23.6 Å². The molecule has 9 aromatic rings. The number of aliphatic hydroxyl groups is 3. The van der Waals surface area contributed by atoms with Gasteiger partial charge in [-0.15, -0.1) is 11.8 Å². The molecular weight excluding hydrogens is 1690 g/mol. The number of ketones is 4. The van der Waals surface area contributed by atoms with E-state index in [0.717, 1.165) is 38.9 Å². The number of carbonyl (C=O) groups is 9. The van der Waals surface area contributed by atoms with Crippen molar-refractivity contribution in [1.82, 2.24) is 35.2 Å². The van der Waals surface area contributed by atoms with Crippen molar-refractivity contribution in [3.05, 3.63) is 233 Å². The predicted octanol–water partition coefficient (Wildman–Crippen LogP) is 17.2. The Morgan fingerprint density at radius 2 is 1.31 bits per heavy atom. The first-order valence-corrected chi connectivity index (χ1v) is 41.6. The van der Waals surface area contributed by atoms with Crippen LogP contribution < -0.4 is 30.5 Å². The smallest absolute Gasteiger partial charge is 0.418 e. The molecule has 122 heavy (non-hydrogen) atoms. The van der Waals surface area contributed by atoms with Gasteiger partial charge in [-0.1, -0.05) is 196 Å². The maximum absolute atomic E-state index is 14.1. The van der Waals surface area contributed by atoms with Crippen LogP contribution in [0.3, 0.4) is 0 Å². The van der Waals surface area contributed by atoms with Gasteiger partial charge in [0, 0.05) is 46.0 Å². The molecule has 0 saturated carbocycles. The van der Waals surface area contributed by atoms with E-state index in [0.29, 0.717) is 116 Å². The van der Waals surface area contributed by atoms with Crippen LogP contribution in [0, 0.1) is 46.0 Å². The summed E-state index contributed by atoms with van der Waals surface area (Å²) in [4.78, 5) is 137. The topological polar surface area (TPSA) is 364 Å². The number of thioether (sulfide) groups is 1. The predicted molar refractivity (Wildman–Crippen MR) is 472 cm³/mol. The number of benzene rings is 7. The number of hydrogen-bond acceptors (Lipinski definition) is 22. The van der Waals surface area contributed by atoms with Crippen LogP contribution in [-0.2, 0) is 44.8 Å². The van der Waals surface area contributed by atoms with E-state index in [1.165, 1.54) is 56.0 Å². The zero-order valence-electron chi connectivity index (χ0n) is 69.7. The fourth-order valence-electron chi connectivity index (χ4n) is 12.4. The average molecular weight is 1790 g/mol. The van der Waals surface area contributed by atoms with Crippen LogP contribution in [0.2, 0.25) is 25.1 Å². The number of imidazole rings is 1. The molecule has 4 atom stereocenters. The number of cyclic esters (lactones) is 1.